The van der Waals surface area contributed by atoms with Crippen LogP contribution in [0.2, 0.25) is 0 Å². The predicted molar refractivity (Wildman–Crippen MR) is 42.0 cm³/mol. The number of nitro benzene ring substituents is 1. The molecule has 80 valence electrons. The second kappa shape index (κ2) is 5.78. The summed E-state index contributed by atoms with van der Waals surface area (Å²) >= 11 is 0. The Hall–Kier alpha value is -0.414. The molecule has 0 bridgehead atoms. The van der Waals surface area contributed by atoms with Gasteiger partial charge in [0.05, 0.1) is 4.92 Å². The van der Waals surface area contributed by atoms with Gasteiger partial charge in [-0.1, -0.05) is 0 Å². The fraction of sp³-hybridized carbons (Fsp3) is 0.125. The molecule has 0 saturated carbocycles. The summed E-state index contributed by atoms with van der Waals surface area (Å²) in [6.07, 6.45) is 0. The van der Waals surface area contributed by atoms with E-state index in [-0.39, 0.29) is 51.4 Å². The van der Waals surface area contributed by atoms with Gasteiger partial charge in [-0.25, -0.2) is 0 Å². The number of nitro groups is 1. The average Bonchev–Trinajstić information content (AvgIpc) is 2.17. The molecule has 0 saturated heterocycles. The number of rotatable bonds is 3. The van der Waals surface area contributed by atoms with Crippen LogP contribution in [0.3, 0.4) is 0 Å². The summed E-state index contributed by atoms with van der Waals surface area (Å²) in [5.74, 6) is -6.69. The fourth-order valence-corrected chi connectivity index (χ4v) is 0.910. The van der Waals surface area contributed by atoms with Gasteiger partial charge in [0, 0.05) is 17.7 Å². The number of aliphatic carboxylic acids is 1. The van der Waals surface area contributed by atoms with Crippen LogP contribution >= 0.6 is 0 Å². The van der Waals surface area contributed by atoms with Gasteiger partial charge in [0.1, 0.15) is 5.97 Å². The molecule has 1 rings (SSSR count). The summed E-state index contributed by atoms with van der Waals surface area (Å²) in [6, 6.07) is 2.94. The number of carboxylic acids is 1. The summed E-state index contributed by atoms with van der Waals surface area (Å²) in [5, 5.41) is 20.2. The molecule has 1 aromatic rings. The Kier molecular flexibility index (Phi) is 5.63. The van der Waals surface area contributed by atoms with E-state index in [1.807, 2.05) is 0 Å². The van der Waals surface area contributed by atoms with Crippen molar-refractivity contribution in [2.75, 3.05) is 0 Å². The van der Waals surface area contributed by atoms with Crippen molar-refractivity contribution in [3.8, 4) is 0 Å². The van der Waals surface area contributed by atoms with E-state index in [0.29, 0.717) is 12.1 Å². The molecular weight excluding hydrogens is 251 g/mol. The molecule has 0 aliphatic rings. The third-order valence-electron chi connectivity index (χ3n) is 1.70. The third-order valence-corrected chi connectivity index (χ3v) is 1.70. The minimum Gasteiger partial charge on any atom is -0.544 e. The van der Waals surface area contributed by atoms with Gasteiger partial charge in [-0.3, -0.25) is 10.1 Å². The molecule has 16 heavy (non-hydrogen) atoms. The summed E-state index contributed by atoms with van der Waals surface area (Å²) < 4.78 is 25.6. The molecule has 8 heteroatoms. The molecule has 0 unspecified atom stereocenters. The molecule has 0 aliphatic heterocycles. The van der Waals surface area contributed by atoms with Gasteiger partial charge in [-0.05, 0) is 12.1 Å². The number of non-ortho nitro benzene ring substituents is 1. The van der Waals surface area contributed by atoms with E-state index < -0.39 is 28.1 Å². The summed E-state index contributed by atoms with van der Waals surface area (Å²) in [5.41, 5.74) is -1.25. The molecule has 0 atom stereocenters. The van der Waals surface area contributed by atoms with Crippen LogP contribution in [0.4, 0.5) is 14.5 Å². The quantitative estimate of drug-likeness (QED) is 0.338. The number of hydrogen-bond acceptors (Lipinski definition) is 4. The van der Waals surface area contributed by atoms with Gasteiger partial charge >= 0.3 is 57.3 Å². The van der Waals surface area contributed by atoms with Crippen LogP contribution in [0.5, 0.6) is 0 Å². The van der Waals surface area contributed by atoms with E-state index >= 15 is 0 Å². The monoisotopic (exact) mass is 255 g/mol. The maximum absolute atomic E-state index is 12.8. The molecule has 0 fully saturated rings. The van der Waals surface area contributed by atoms with E-state index in [1.165, 1.54) is 0 Å². The van der Waals surface area contributed by atoms with Gasteiger partial charge in [0.15, 0.2) is 0 Å². The van der Waals surface area contributed by atoms with Crippen LogP contribution < -0.4 is 56.5 Å². The van der Waals surface area contributed by atoms with Crippen molar-refractivity contribution in [3.05, 3.63) is 39.9 Å². The molecule has 5 nitrogen and oxygen atoms in total. The van der Waals surface area contributed by atoms with E-state index in [4.69, 9.17) is 0 Å². The van der Waals surface area contributed by atoms with E-state index in [9.17, 15) is 28.8 Å². The van der Waals surface area contributed by atoms with Crippen molar-refractivity contribution >= 4 is 11.7 Å². The second-order valence-corrected chi connectivity index (χ2v) is 2.67. The Labute approximate surface area is 131 Å². The number of hydrogen-bond donors (Lipinski definition) is 0. The zero-order valence-corrected chi connectivity index (χ0v) is 11.3. The number of benzene rings is 1. The first-order chi connectivity index (χ1) is 6.85. The van der Waals surface area contributed by atoms with Crippen molar-refractivity contribution in [2.45, 2.75) is 5.92 Å². The number of halogens is 2. The van der Waals surface area contributed by atoms with Gasteiger partial charge < -0.3 is 9.90 Å². The molecule has 0 heterocycles. The summed E-state index contributed by atoms with van der Waals surface area (Å²) in [7, 11) is 0. The van der Waals surface area contributed by atoms with Gasteiger partial charge in [0.25, 0.3) is 5.69 Å². The minimum atomic E-state index is -4.14. The molecule has 1 aromatic carbocycles. The van der Waals surface area contributed by atoms with Crippen molar-refractivity contribution in [1.82, 2.24) is 0 Å². The van der Waals surface area contributed by atoms with Gasteiger partial charge in [-0.15, -0.1) is 0 Å². The Bertz CT molecular complexity index is 407. The Morgan fingerprint density at radius 2 is 1.69 bits per heavy atom. The second-order valence-electron chi connectivity index (χ2n) is 2.67. The molecule has 0 radical (unpaired) electrons. The molecule has 0 amide bonds. The van der Waals surface area contributed by atoms with Gasteiger partial charge in [0.2, 0.25) is 0 Å². The first-order valence-corrected chi connectivity index (χ1v) is 3.70. The van der Waals surface area contributed by atoms with Crippen LogP contribution in [0.15, 0.2) is 24.3 Å². The minimum absolute atomic E-state index is 0. The molecule has 0 aliphatic carbocycles. The first kappa shape index (κ1) is 15.6. The Morgan fingerprint density at radius 1 is 1.25 bits per heavy atom. The molecular formula is C8H4F2KNO4. The maximum Gasteiger partial charge on any atom is 1.00 e. The predicted octanol–water partition coefficient (Wildman–Crippen LogP) is -2.56. The third kappa shape index (κ3) is 3.29. The molecule has 0 spiro atoms. The van der Waals surface area contributed by atoms with Crippen LogP contribution in [0.1, 0.15) is 5.56 Å². The van der Waals surface area contributed by atoms with Crippen molar-refractivity contribution in [1.29, 1.82) is 0 Å². The largest absolute Gasteiger partial charge is 1.00 e. The van der Waals surface area contributed by atoms with Crippen LogP contribution in [0.25, 0.3) is 0 Å². The van der Waals surface area contributed by atoms with Crippen LogP contribution in [-0.2, 0) is 10.7 Å². The maximum atomic E-state index is 12.8. The Balaban J connectivity index is 0.00000225. The number of nitrogens with zero attached hydrogens (tertiary/aromatic N) is 1. The Morgan fingerprint density at radius 3 is 2.00 bits per heavy atom. The van der Waals surface area contributed by atoms with Crippen molar-refractivity contribution in [3.63, 3.8) is 0 Å². The number of carboxylic acid groups (broad SMARTS) is 1. The normalized spacial score (nSPS) is 10.4. The van der Waals surface area contributed by atoms with Crippen LogP contribution in [-0.4, -0.2) is 10.9 Å². The zero-order valence-electron chi connectivity index (χ0n) is 8.15. The number of carbonyl (C=O) groups is 1. The SMILES string of the molecule is O=C([O-])C(F)(F)c1ccc([N+](=O)[O-])cc1.[K+]. The smallest absolute Gasteiger partial charge is 0.544 e. The topological polar surface area (TPSA) is 83.3 Å². The van der Waals surface area contributed by atoms with E-state index in [0.717, 1.165) is 12.1 Å². The van der Waals surface area contributed by atoms with E-state index in [2.05, 4.69) is 0 Å². The zero-order chi connectivity index (χ0) is 11.6. The van der Waals surface area contributed by atoms with Crippen molar-refractivity contribution in [2.24, 2.45) is 0 Å². The molecule has 0 aromatic heterocycles. The first-order valence-electron chi connectivity index (χ1n) is 3.70. The van der Waals surface area contributed by atoms with Gasteiger partial charge in [-0.2, -0.15) is 8.78 Å². The summed E-state index contributed by atoms with van der Waals surface area (Å²) in [6.45, 7) is 0. The van der Waals surface area contributed by atoms with Crippen LogP contribution in [0, 0.1) is 10.1 Å². The number of alkyl halides is 2. The molecule has 0 N–H and O–H groups in total. The van der Waals surface area contributed by atoms with Crippen molar-refractivity contribution < 1.29 is 75.0 Å². The average molecular weight is 255 g/mol. The number of carbonyl (C=O) groups excluding carboxylic acids is 1. The standard InChI is InChI=1S/C8H5F2NO4.K/c9-8(10,7(12)13)5-1-3-6(4-2-5)11(14)15;/h1-4H,(H,12,13);/q;+1/p-1. The summed E-state index contributed by atoms with van der Waals surface area (Å²) in [4.78, 5) is 19.5. The fourth-order valence-electron chi connectivity index (χ4n) is 0.910. The van der Waals surface area contributed by atoms with E-state index in [1.54, 1.807) is 0 Å².